The topological polar surface area (TPSA) is 57.8 Å². The smallest absolute Gasteiger partial charge is 0.269 e. The molecule has 0 atom stereocenters. The Morgan fingerprint density at radius 3 is 2.91 bits per heavy atom. The molecule has 2 aromatic heterocycles. The van der Waals surface area contributed by atoms with Gasteiger partial charge in [-0.25, -0.2) is 9.37 Å². The standard InChI is InChI=1S/C16H9ClFN3OS/c17-13-9-6-5-8(18)7-12(9)23-14(13)15(22)21-16-19-10-3-1-2-4-11(10)20-16/h1-7H,(H2,19,20,21,22). The summed E-state index contributed by atoms with van der Waals surface area (Å²) in [5.41, 5.74) is 1.58. The Bertz CT molecular complexity index is 1020. The zero-order chi connectivity index (χ0) is 16.0. The first-order valence-corrected chi connectivity index (χ1v) is 7.95. The first-order valence-electron chi connectivity index (χ1n) is 6.75. The summed E-state index contributed by atoms with van der Waals surface area (Å²) >= 11 is 7.39. The maximum absolute atomic E-state index is 13.3. The molecule has 0 saturated heterocycles. The fraction of sp³-hybridized carbons (Fsp3) is 0. The molecule has 1 amide bonds. The third-order valence-electron chi connectivity index (χ3n) is 3.42. The van der Waals surface area contributed by atoms with Crippen molar-refractivity contribution in [3.05, 3.63) is 58.2 Å². The van der Waals surface area contributed by atoms with Crippen LogP contribution in [-0.4, -0.2) is 15.9 Å². The number of hydrogen-bond donors (Lipinski definition) is 2. The second-order valence-electron chi connectivity index (χ2n) is 4.94. The van der Waals surface area contributed by atoms with Gasteiger partial charge in [-0.15, -0.1) is 11.3 Å². The Morgan fingerprint density at radius 2 is 2.09 bits per heavy atom. The highest BCUT2D eigenvalue weighted by molar-refractivity contribution is 7.21. The van der Waals surface area contributed by atoms with Crippen molar-refractivity contribution in [3.63, 3.8) is 0 Å². The molecule has 0 radical (unpaired) electrons. The van der Waals surface area contributed by atoms with Crippen molar-refractivity contribution in [2.75, 3.05) is 5.32 Å². The predicted molar refractivity (Wildman–Crippen MR) is 90.8 cm³/mol. The molecule has 7 heteroatoms. The number of carbonyl (C=O) groups excluding carboxylic acids is 1. The van der Waals surface area contributed by atoms with Crippen molar-refractivity contribution < 1.29 is 9.18 Å². The molecule has 0 aliphatic rings. The number of hydrogen-bond acceptors (Lipinski definition) is 3. The van der Waals surface area contributed by atoms with E-state index in [0.29, 0.717) is 25.9 Å². The number of para-hydroxylation sites is 2. The fourth-order valence-corrected chi connectivity index (χ4v) is 3.80. The number of nitrogens with one attached hydrogen (secondary N) is 2. The average molecular weight is 346 g/mol. The van der Waals surface area contributed by atoms with E-state index in [9.17, 15) is 9.18 Å². The zero-order valence-corrected chi connectivity index (χ0v) is 13.1. The number of thiophene rings is 1. The Kier molecular flexibility index (Phi) is 3.28. The number of fused-ring (bicyclic) bond motifs is 2. The van der Waals surface area contributed by atoms with Crippen LogP contribution in [0.1, 0.15) is 9.67 Å². The molecule has 2 heterocycles. The Hall–Kier alpha value is -2.44. The summed E-state index contributed by atoms with van der Waals surface area (Å²) < 4.78 is 13.9. The Labute approximate surface area is 138 Å². The molecule has 0 fully saturated rings. The first-order chi connectivity index (χ1) is 11.1. The number of imidazole rings is 1. The van der Waals surface area contributed by atoms with Crippen LogP contribution in [0.4, 0.5) is 10.3 Å². The van der Waals surface area contributed by atoms with E-state index in [1.54, 1.807) is 6.07 Å². The number of anilines is 1. The minimum absolute atomic E-state index is 0.318. The van der Waals surface area contributed by atoms with Crippen LogP contribution in [0.15, 0.2) is 42.5 Å². The third-order valence-corrected chi connectivity index (χ3v) is 5.07. The summed E-state index contributed by atoms with van der Waals surface area (Å²) in [6, 6.07) is 11.7. The summed E-state index contributed by atoms with van der Waals surface area (Å²) in [6.07, 6.45) is 0. The van der Waals surface area contributed by atoms with Gasteiger partial charge in [0.15, 0.2) is 0 Å². The van der Waals surface area contributed by atoms with Gasteiger partial charge in [-0.05, 0) is 30.3 Å². The number of H-pyrrole nitrogens is 1. The third kappa shape index (κ3) is 2.46. The van der Waals surface area contributed by atoms with E-state index in [1.165, 1.54) is 12.1 Å². The quantitative estimate of drug-likeness (QED) is 0.547. The molecule has 0 spiro atoms. The zero-order valence-electron chi connectivity index (χ0n) is 11.6. The van der Waals surface area contributed by atoms with Gasteiger partial charge in [0.2, 0.25) is 5.95 Å². The lowest BCUT2D eigenvalue weighted by molar-refractivity contribution is 0.103. The van der Waals surface area contributed by atoms with Crippen molar-refractivity contribution in [1.29, 1.82) is 0 Å². The molecular weight excluding hydrogens is 337 g/mol. The second kappa shape index (κ2) is 5.33. The van der Waals surface area contributed by atoms with Gasteiger partial charge in [-0.3, -0.25) is 10.1 Å². The molecule has 0 bridgehead atoms. The normalized spacial score (nSPS) is 11.2. The molecule has 4 aromatic rings. The molecule has 2 N–H and O–H groups in total. The summed E-state index contributed by atoms with van der Waals surface area (Å²) in [4.78, 5) is 20.1. The minimum Gasteiger partial charge on any atom is -0.324 e. The van der Waals surface area contributed by atoms with Crippen molar-refractivity contribution in [3.8, 4) is 0 Å². The first kappa shape index (κ1) is 14.2. The number of nitrogens with zero attached hydrogens (tertiary/aromatic N) is 1. The maximum Gasteiger partial charge on any atom is 0.269 e. The molecule has 4 rings (SSSR count). The van der Waals surface area contributed by atoms with E-state index in [-0.39, 0.29) is 11.7 Å². The number of halogens is 2. The van der Waals surface area contributed by atoms with Gasteiger partial charge in [0, 0.05) is 10.1 Å². The van der Waals surface area contributed by atoms with Gasteiger partial charge in [0.1, 0.15) is 10.7 Å². The van der Waals surface area contributed by atoms with Gasteiger partial charge < -0.3 is 4.98 Å². The second-order valence-corrected chi connectivity index (χ2v) is 6.37. The SMILES string of the molecule is O=C(Nc1nc2ccccc2[nH]1)c1sc2cc(F)ccc2c1Cl. The summed E-state index contributed by atoms with van der Waals surface area (Å²) in [5, 5.41) is 3.67. The molecule has 114 valence electrons. The van der Waals surface area contributed by atoms with E-state index in [1.807, 2.05) is 24.3 Å². The number of rotatable bonds is 2. The van der Waals surface area contributed by atoms with Crippen LogP contribution in [0, 0.1) is 5.82 Å². The highest BCUT2D eigenvalue weighted by Gasteiger charge is 2.18. The lowest BCUT2D eigenvalue weighted by Crippen LogP contribution is -2.11. The van der Waals surface area contributed by atoms with Gasteiger partial charge in [0.25, 0.3) is 5.91 Å². The van der Waals surface area contributed by atoms with E-state index in [4.69, 9.17) is 11.6 Å². The summed E-state index contributed by atoms with van der Waals surface area (Å²) in [5.74, 6) is -0.397. The lowest BCUT2D eigenvalue weighted by atomic mass is 10.2. The highest BCUT2D eigenvalue weighted by atomic mass is 35.5. The van der Waals surface area contributed by atoms with Crippen LogP contribution in [0.3, 0.4) is 0 Å². The fourth-order valence-electron chi connectivity index (χ4n) is 2.36. The number of carbonyl (C=O) groups is 1. The van der Waals surface area contributed by atoms with E-state index < -0.39 is 0 Å². The number of amides is 1. The van der Waals surface area contributed by atoms with E-state index in [2.05, 4.69) is 15.3 Å². The summed E-state index contributed by atoms with van der Waals surface area (Å²) in [6.45, 7) is 0. The molecule has 0 aliphatic heterocycles. The van der Waals surface area contributed by atoms with Crippen LogP contribution >= 0.6 is 22.9 Å². The molecule has 2 aromatic carbocycles. The number of benzene rings is 2. The maximum atomic E-state index is 13.3. The van der Waals surface area contributed by atoms with Gasteiger partial charge in [-0.1, -0.05) is 23.7 Å². The minimum atomic E-state index is -0.379. The highest BCUT2D eigenvalue weighted by Crippen LogP contribution is 2.36. The molecular formula is C16H9ClFN3OS. The largest absolute Gasteiger partial charge is 0.324 e. The van der Waals surface area contributed by atoms with Gasteiger partial charge >= 0.3 is 0 Å². The molecule has 0 aliphatic carbocycles. The molecule has 4 nitrogen and oxygen atoms in total. The van der Waals surface area contributed by atoms with Gasteiger partial charge in [0.05, 0.1) is 16.1 Å². The monoisotopic (exact) mass is 345 g/mol. The number of aromatic nitrogens is 2. The number of aromatic amines is 1. The Balaban J connectivity index is 1.70. The van der Waals surface area contributed by atoms with Crippen LogP contribution < -0.4 is 5.32 Å². The molecule has 0 unspecified atom stereocenters. The van der Waals surface area contributed by atoms with E-state index >= 15 is 0 Å². The molecule has 23 heavy (non-hydrogen) atoms. The van der Waals surface area contributed by atoms with Crippen LogP contribution in [0.5, 0.6) is 0 Å². The summed E-state index contributed by atoms with van der Waals surface area (Å²) in [7, 11) is 0. The Morgan fingerprint density at radius 1 is 1.26 bits per heavy atom. The lowest BCUT2D eigenvalue weighted by Gasteiger charge is -1.99. The average Bonchev–Trinajstić information content (AvgIpc) is 3.07. The van der Waals surface area contributed by atoms with Crippen LogP contribution in [-0.2, 0) is 0 Å². The van der Waals surface area contributed by atoms with Crippen LogP contribution in [0.2, 0.25) is 5.02 Å². The molecule has 0 saturated carbocycles. The van der Waals surface area contributed by atoms with Crippen molar-refractivity contribution in [1.82, 2.24) is 9.97 Å². The van der Waals surface area contributed by atoms with Crippen molar-refractivity contribution in [2.45, 2.75) is 0 Å². The van der Waals surface area contributed by atoms with Crippen molar-refractivity contribution in [2.24, 2.45) is 0 Å². The van der Waals surface area contributed by atoms with E-state index in [0.717, 1.165) is 22.4 Å². The van der Waals surface area contributed by atoms with Crippen molar-refractivity contribution >= 4 is 55.9 Å². The predicted octanol–water partition coefficient (Wildman–Crippen LogP) is 4.82. The van der Waals surface area contributed by atoms with Crippen LogP contribution in [0.25, 0.3) is 21.1 Å². The van der Waals surface area contributed by atoms with Gasteiger partial charge in [-0.2, -0.15) is 0 Å².